The molecule has 0 aromatic carbocycles. The highest BCUT2D eigenvalue weighted by Crippen LogP contribution is 2.66. The summed E-state index contributed by atoms with van der Waals surface area (Å²) in [5.41, 5.74) is 0.775. The number of halogens is 1. The van der Waals surface area contributed by atoms with Crippen LogP contribution >= 0.6 is 0 Å². The first-order valence-electron chi connectivity index (χ1n) is 10.4. The number of rotatable bonds is 2. The van der Waals surface area contributed by atoms with Gasteiger partial charge in [0, 0.05) is 24.2 Å². The number of carbonyl (C=O) groups is 2. The van der Waals surface area contributed by atoms with Crippen molar-refractivity contribution < 1.29 is 18.7 Å². The Morgan fingerprint density at radius 2 is 2.04 bits per heavy atom. The van der Waals surface area contributed by atoms with Crippen molar-refractivity contribution in [3.8, 4) is 0 Å². The van der Waals surface area contributed by atoms with Gasteiger partial charge in [-0.15, -0.1) is 0 Å². The fraction of sp³-hybridized carbons (Fsp3) is 0.818. The standard InChI is InChI=1S/C22H31FO3/c1-4-19(25)26-18-8-7-16-15-6-5-13-11-14(24)9-10-21(13,2)20(15)17(23)12-22(16,18)3/h11,15-18,20H,4-10,12H2,1-3H3/t15-,16-,17?,18?,20-,21-,22-/m0/s1. The van der Waals surface area contributed by atoms with Crippen molar-refractivity contribution >= 4 is 11.8 Å². The van der Waals surface area contributed by atoms with Gasteiger partial charge in [-0.1, -0.05) is 26.3 Å². The Labute approximate surface area is 155 Å². The molecule has 0 aliphatic heterocycles. The summed E-state index contributed by atoms with van der Waals surface area (Å²) in [6.45, 7) is 6.16. The van der Waals surface area contributed by atoms with Crippen LogP contribution in [0.4, 0.5) is 4.39 Å². The minimum absolute atomic E-state index is 0.00861. The van der Waals surface area contributed by atoms with Gasteiger partial charge in [-0.05, 0) is 61.9 Å². The van der Waals surface area contributed by atoms with Gasteiger partial charge in [0.05, 0.1) is 0 Å². The summed E-state index contributed by atoms with van der Waals surface area (Å²) < 4.78 is 21.4. The third kappa shape index (κ3) is 2.51. The summed E-state index contributed by atoms with van der Waals surface area (Å²) in [7, 11) is 0. The van der Waals surface area contributed by atoms with Gasteiger partial charge in [0.25, 0.3) is 0 Å². The van der Waals surface area contributed by atoms with E-state index in [0.29, 0.717) is 31.1 Å². The molecule has 7 atom stereocenters. The molecule has 2 unspecified atom stereocenters. The van der Waals surface area contributed by atoms with Crippen LogP contribution in [0.2, 0.25) is 0 Å². The Hall–Kier alpha value is -1.19. The highest BCUT2D eigenvalue weighted by molar-refractivity contribution is 5.91. The van der Waals surface area contributed by atoms with E-state index in [0.717, 1.165) is 32.1 Å². The van der Waals surface area contributed by atoms with E-state index in [-0.39, 0.29) is 34.6 Å². The van der Waals surface area contributed by atoms with Crippen molar-refractivity contribution in [3.05, 3.63) is 11.6 Å². The van der Waals surface area contributed by atoms with Gasteiger partial charge in [0.15, 0.2) is 5.78 Å². The largest absolute Gasteiger partial charge is 0.462 e. The van der Waals surface area contributed by atoms with Gasteiger partial charge in [0.2, 0.25) is 0 Å². The maximum Gasteiger partial charge on any atom is 0.305 e. The first-order chi connectivity index (χ1) is 12.3. The van der Waals surface area contributed by atoms with E-state index < -0.39 is 6.17 Å². The molecule has 0 saturated heterocycles. The normalized spacial score (nSPS) is 47.5. The lowest BCUT2D eigenvalue weighted by atomic mass is 9.47. The van der Waals surface area contributed by atoms with E-state index in [4.69, 9.17) is 4.74 Å². The van der Waals surface area contributed by atoms with E-state index in [1.807, 2.05) is 13.0 Å². The molecule has 4 aliphatic carbocycles. The van der Waals surface area contributed by atoms with Crippen molar-refractivity contribution in [3.63, 3.8) is 0 Å². The molecule has 0 radical (unpaired) electrons. The van der Waals surface area contributed by atoms with Crippen molar-refractivity contribution in [1.82, 2.24) is 0 Å². The van der Waals surface area contributed by atoms with Crippen molar-refractivity contribution in [2.75, 3.05) is 0 Å². The number of fused-ring (bicyclic) bond motifs is 5. The van der Waals surface area contributed by atoms with Crippen molar-refractivity contribution in [1.29, 1.82) is 0 Å². The first kappa shape index (κ1) is 18.2. The van der Waals surface area contributed by atoms with Crippen LogP contribution < -0.4 is 0 Å². The van der Waals surface area contributed by atoms with Crippen LogP contribution in [0.3, 0.4) is 0 Å². The second-order valence-electron chi connectivity index (χ2n) is 9.52. The van der Waals surface area contributed by atoms with E-state index in [2.05, 4.69) is 13.8 Å². The minimum Gasteiger partial charge on any atom is -0.462 e. The Bertz CT molecular complexity index is 656. The fourth-order valence-electron chi connectivity index (χ4n) is 7.00. The van der Waals surface area contributed by atoms with Gasteiger partial charge in [-0.3, -0.25) is 9.59 Å². The predicted molar refractivity (Wildman–Crippen MR) is 97.2 cm³/mol. The van der Waals surface area contributed by atoms with Gasteiger partial charge in [0.1, 0.15) is 12.3 Å². The Morgan fingerprint density at radius 3 is 2.77 bits per heavy atom. The number of hydrogen-bond donors (Lipinski definition) is 0. The molecular formula is C22H31FO3. The Kier molecular flexibility index (Phi) is 4.32. The zero-order valence-electron chi connectivity index (χ0n) is 16.2. The van der Waals surface area contributed by atoms with E-state index in [1.54, 1.807) is 0 Å². The van der Waals surface area contributed by atoms with E-state index in [1.165, 1.54) is 5.57 Å². The number of allylic oxidation sites excluding steroid dienone is 1. The molecule has 4 heteroatoms. The second kappa shape index (κ2) is 6.17. The molecule has 4 rings (SSSR count). The van der Waals surface area contributed by atoms with Crippen LogP contribution in [0.25, 0.3) is 0 Å². The second-order valence-corrected chi connectivity index (χ2v) is 9.52. The first-order valence-corrected chi connectivity index (χ1v) is 10.4. The lowest BCUT2D eigenvalue weighted by Crippen LogP contribution is -2.56. The summed E-state index contributed by atoms with van der Waals surface area (Å²) in [5, 5.41) is 0. The number of alkyl halides is 1. The molecular weight excluding hydrogens is 331 g/mol. The van der Waals surface area contributed by atoms with Gasteiger partial charge in [-0.25, -0.2) is 4.39 Å². The molecule has 144 valence electrons. The van der Waals surface area contributed by atoms with Crippen molar-refractivity contribution in [2.45, 2.75) is 84.4 Å². The third-order valence-electron chi connectivity index (χ3n) is 8.33. The molecule has 0 N–H and O–H groups in total. The molecule has 3 fully saturated rings. The minimum atomic E-state index is -0.885. The average molecular weight is 362 g/mol. The summed E-state index contributed by atoms with van der Waals surface area (Å²) in [5.74, 6) is 0.810. The molecule has 4 aliphatic rings. The number of ketones is 1. The highest BCUT2D eigenvalue weighted by atomic mass is 19.1. The van der Waals surface area contributed by atoms with Gasteiger partial charge in [-0.2, -0.15) is 0 Å². The number of carbonyl (C=O) groups excluding carboxylic acids is 2. The van der Waals surface area contributed by atoms with Crippen LogP contribution in [-0.4, -0.2) is 24.0 Å². The molecule has 3 nitrogen and oxygen atoms in total. The zero-order valence-corrected chi connectivity index (χ0v) is 16.2. The summed E-state index contributed by atoms with van der Waals surface area (Å²) in [4.78, 5) is 23.8. The molecule has 26 heavy (non-hydrogen) atoms. The van der Waals surface area contributed by atoms with Crippen LogP contribution in [0.5, 0.6) is 0 Å². The fourth-order valence-corrected chi connectivity index (χ4v) is 7.00. The summed E-state index contributed by atoms with van der Waals surface area (Å²) >= 11 is 0. The topological polar surface area (TPSA) is 43.4 Å². The number of esters is 1. The molecule has 0 spiro atoms. The zero-order chi connectivity index (χ0) is 18.7. The maximum atomic E-state index is 15.7. The lowest BCUT2D eigenvalue weighted by molar-refractivity contribution is -0.164. The lowest BCUT2D eigenvalue weighted by Gasteiger charge is -2.58. The van der Waals surface area contributed by atoms with E-state index >= 15 is 4.39 Å². The Balaban J connectivity index is 1.64. The van der Waals surface area contributed by atoms with Crippen LogP contribution in [-0.2, 0) is 14.3 Å². The number of hydrogen-bond acceptors (Lipinski definition) is 3. The molecule has 0 aromatic rings. The van der Waals surface area contributed by atoms with Crippen molar-refractivity contribution in [2.24, 2.45) is 28.6 Å². The molecule has 0 bridgehead atoms. The quantitative estimate of drug-likeness (QED) is 0.664. The molecule has 3 saturated carbocycles. The monoisotopic (exact) mass is 362 g/mol. The SMILES string of the molecule is CCC(=O)OC1CC[C@H]2[C@@H]3CCC4=CC(=O)CC[C@]4(C)[C@@H]3C(F)C[C@]12C. The summed E-state index contributed by atoms with van der Waals surface area (Å²) in [6, 6.07) is 0. The molecule has 0 amide bonds. The molecule has 0 heterocycles. The highest BCUT2D eigenvalue weighted by Gasteiger charge is 2.63. The smallest absolute Gasteiger partial charge is 0.305 e. The summed E-state index contributed by atoms with van der Waals surface area (Å²) in [6.07, 6.45) is 6.77. The third-order valence-corrected chi connectivity index (χ3v) is 8.33. The van der Waals surface area contributed by atoms with Crippen LogP contribution in [0, 0.1) is 28.6 Å². The van der Waals surface area contributed by atoms with Gasteiger partial charge >= 0.3 is 5.97 Å². The van der Waals surface area contributed by atoms with Gasteiger partial charge < -0.3 is 4.74 Å². The van der Waals surface area contributed by atoms with Crippen LogP contribution in [0.15, 0.2) is 11.6 Å². The average Bonchev–Trinajstić information content (AvgIpc) is 2.91. The van der Waals surface area contributed by atoms with Crippen LogP contribution in [0.1, 0.15) is 72.1 Å². The Morgan fingerprint density at radius 1 is 1.27 bits per heavy atom. The molecule has 0 aromatic heterocycles. The van der Waals surface area contributed by atoms with E-state index in [9.17, 15) is 9.59 Å². The number of ether oxygens (including phenoxy) is 1. The predicted octanol–water partition coefficient (Wildman–Crippen LogP) is 4.79. The maximum absolute atomic E-state index is 15.7.